The topological polar surface area (TPSA) is 12.5 Å². The number of quaternary nitrogens is 1. The zero-order valence-electron chi connectivity index (χ0n) is 17.2. The molecule has 1 spiro atoms. The first kappa shape index (κ1) is 18.5. The van der Waals surface area contributed by atoms with E-state index in [9.17, 15) is 0 Å². The Balaban J connectivity index is 1.74. The highest BCUT2D eigenvalue weighted by Gasteiger charge is 2.62. The zero-order chi connectivity index (χ0) is 18.4. The van der Waals surface area contributed by atoms with Gasteiger partial charge in [0.15, 0.2) is 6.17 Å². The molecule has 3 fully saturated rings. The highest BCUT2D eigenvalue weighted by molar-refractivity contribution is 5.14. The van der Waals surface area contributed by atoms with Gasteiger partial charge in [-0.25, -0.2) is 0 Å². The Hall–Kier alpha value is -0.900. The number of rotatable bonds is 3. The molecule has 0 bridgehead atoms. The molecule has 4 rings (SSSR count). The summed E-state index contributed by atoms with van der Waals surface area (Å²) >= 11 is 0. The van der Waals surface area contributed by atoms with E-state index in [-0.39, 0.29) is 11.1 Å². The van der Waals surface area contributed by atoms with Gasteiger partial charge in [-0.1, -0.05) is 56.5 Å². The first-order valence-electron chi connectivity index (χ1n) is 10.8. The van der Waals surface area contributed by atoms with Crippen molar-refractivity contribution in [3.05, 3.63) is 35.9 Å². The van der Waals surface area contributed by atoms with Crippen LogP contribution in [0.5, 0.6) is 0 Å². The lowest BCUT2D eigenvalue weighted by atomic mass is 9.82. The van der Waals surface area contributed by atoms with E-state index in [4.69, 9.17) is 4.84 Å². The summed E-state index contributed by atoms with van der Waals surface area (Å²) in [5.41, 5.74) is 1.64. The quantitative estimate of drug-likeness (QED) is 0.696. The van der Waals surface area contributed by atoms with Crippen molar-refractivity contribution in [2.24, 2.45) is 5.92 Å². The van der Waals surface area contributed by atoms with Crippen LogP contribution < -0.4 is 0 Å². The third kappa shape index (κ3) is 2.93. The Morgan fingerprint density at radius 2 is 1.81 bits per heavy atom. The average Bonchev–Trinajstić information content (AvgIpc) is 2.87. The molecule has 1 aromatic carbocycles. The molecule has 26 heavy (non-hydrogen) atoms. The molecule has 1 aliphatic carbocycles. The number of nitrogens with zero attached hydrogens (tertiary/aromatic N) is 2. The summed E-state index contributed by atoms with van der Waals surface area (Å²) in [6, 6.07) is 11.1. The summed E-state index contributed by atoms with van der Waals surface area (Å²) in [6.07, 6.45) is 8.21. The lowest BCUT2D eigenvalue weighted by molar-refractivity contribution is -0.996. The lowest BCUT2D eigenvalue weighted by Gasteiger charge is -2.58. The summed E-state index contributed by atoms with van der Waals surface area (Å²) in [5, 5.41) is 2.47. The van der Waals surface area contributed by atoms with Gasteiger partial charge in [-0.3, -0.25) is 4.84 Å². The SMILES string of the molecule is CC[N+]1(Cc2ccccc2)CC2(CCCCC2)ON2C1CC(C)C2(C)C. The Labute approximate surface area is 159 Å². The van der Waals surface area contributed by atoms with Crippen molar-refractivity contribution < 1.29 is 9.32 Å². The van der Waals surface area contributed by atoms with E-state index in [1.54, 1.807) is 0 Å². The van der Waals surface area contributed by atoms with E-state index in [1.807, 2.05) is 0 Å². The first-order valence-corrected chi connectivity index (χ1v) is 10.8. The molecular weight excluding hydrogens is 320 g/mol. The number of likely N-dealkylation sites (N-methyl/N-ethyl adjacent to an activating group) is 1. The zero-order valence-corrected chi connectivity index (χ0v) is 17.2. The van der Waals surface area contributed by atoms with Gasteiger partial charge in [0.1, 0.15) is 18.7 Å². The summed E-state index contributed by atoms with van der Waals surface area (Å²) < 4.78 is 1.16. The van der Waals surface area contributed by atoms with Crippen molar-refractivity contribution in [2.75, 3.05) is 13.1 Å². The molecule has 1 aromatic rings. The van der Waals surface area contributed by atoms with Gasteiger partial charge in [0, 0.05) is 17.5 Å². The average molecular weight is 358 g/mol. The van der Waals surface area contributed by atoms with Crippen LogP contribution in [-0.2, 0) is 11.4 Å². The maximum Gasteiger partial charge on any atom is 0.168 e. The van der Waals surface area contributed by atoms with Crippen LogP contribution in [0.3, 0.4) is 0 Å². The highest BCUT2D eigenvalue weighted by atomic mass is 16.7. The molecule has 0 N–H and O–H groups in total. The largest absolute Gasteiger partial charge is 0.301 e. The van der Waals surface area contributed by atoms with Crippen LogP contribution in [0.4, 0.5) is 0 Å². The first-order chi connectivity index (χ1) is 12.4. The van der Waals surface area contributed by atoms with E-state index in [1.165, 1.54) is 57.2 Å². The standard InChI is InChI=1S/C23H37N2O/c1-5-25(17-20-12-8-6-9-13-20)18-23(14-10-7-11-15-23)26-24-21(25)16-19(2)22(24,3)4/h6,8-9,12-13,19,21H,5,7,10-11,14-18H2,1-4H3/q+1. The van der Waals surface area contributed by atoms with Crippen LogP contribution in [0.15, 0.2) is 30.3 Å². The number of hydrogen-bond donors (Lipinski definition) is 0. The molecule has 144 valence electrons. The van der Waals surface area contributed by atoms with Crippen molar-refractivity contribution in [2.45, 2.75) is 90.1 Å². The molecule has 3 nitrogen and oxygen atoms in total. The maximum atomic E-state index is 6.94. The third-order valence-electron chi connectivity index (χ3n) is 7.87. The number of hydroxylamine groups is 2. The van der Waals surface area contributed by atoms with Gasteiger partial charge >= 0.3 is 0 Å². The van der Waals surface area contributed by atoms with Gasteiger partial charge in [0.05, 0.1) is 6.54 Å². The molecule has 0 amide bonds. The molecule has 0 aromatic heterocycles. The second-order valence-electron chi connectivity index (χ2n) is 9.77. The van der Waals surface area contributed by atoms with Crippen LogP contribution in [-0.4, -0.2) is 39.9 Å². The van der Waals surface area contributed by atoms with Crippen LogP contribution >= 0.6 is 0 Å². The van der Waals surface area contributed by atoms with Gasteiger partial charge < -0.3 is 4.48 Å². The molecule has 3 aliphatic rings. The minimum atomic E-state index is 0.0564. The second-order valence-corrected chi connectivity index (χ2v) is 9.77. The third-order valence-corrected chi connectivity index (χ3v) is 7.87. The van der Waals surface area contributed by atoms with Crippen LogP contribution in [0.2, 0.25) is 0 Å². The van der Waals surface area contributed by atoms with Crippen LogP contribution in [0, 0.1) is 5.92 Å². The van der Waals surface area contributed by atoms with Gasteiger partial charge in [-0.15, -0.1) is 5.06 Å². The van der Waals surface area contributed by atoms with Crippen molar-refractivity contribution in [1.82, 2.24) is 5.06 Å². The normalized spacial score (nSPS) is 36.2. The van der Waals surface area contributed by atoms with E-state index in [0.717, 1.165) is 11.0 Å². The van der Waals surface area contributed by atoms with E-state index in [2.05, 4.69) is 63.1 Å². The Morgan fingerprint density at radius 3 is 2.46 bits per heavy atom. The highest BCUT2D eigenvalue weighted by Crippen LogP contribution is 2.51. The summed E-state index contributed by atoms with van der Waals surface area (Å²) in [7, 11) is 0. The number of fused-ring (bicyclic) bond motifs is 1. The second kappa shape index (κ2) is 6.61. The minimum Gasteiger partial charge on any atom is -0.301 e. The van der Waals surface area contributed by atoms with Crippen molar-refractivity contribution in [1.29, 1.82) is 0 Å². The molecule has 2 heterocycles. The molecule has 3 atom stereocenters. The van der Waals surface area contributed by atoms with Crippen LogP contribution in [0.1, 0.15) is 71.8 Å². The van der Waals surface area contributed by atoms with E-state index >= 15 is 0 Å². The van der Waals surface area contributed by atoms with Gasteiger partial charge in [-0.2, -0.15) is 0 Å². The smallest absolute Gasteiger partial charge is 0.168 e. The summed E-state index contributed by atoms with van der Waals surface area (Å²) in [4.78, 5) is 6.94. The predicted octanol–water partition coefficient (Wildman–Crippen LogP) is 5.12. The fourth-order valence-corrected chi connectivity index (χ4v) is 5.83. The van der Waals surface area contributed by atoms with Crippen molar-refractivity contribution in [3.8, 4) is 0 Å². The van der Waals surface area contributed by atoms with E-state index in [0.29, 0.717) is 12.1 Å². The van der Waals surface area contributed by atoms with Crippen molar-refractivity contribution >= 4 is 0 Å². The summed E-state index contributed by atoms with van der Waals surface area (Å²) in [6.45, 7) is 13.1. The van der Waals surface area contributed by atoms with Gasteiger partial charge in [0.2, 0.25) is 0 Å². The molecule has 1 saturated carbocycles. The molecule has 2 aliphatic heterocycles. The maximum absolute atomic E-state index is 6.94. The minimum absolute atomic E-state index is 0.0564. The Kier molecular flexibility index (Phi) is 4.70. The molecule has 3 unspecified atom stereocenters. The number of hydrogen-bond acceptors (Lipinski definition) is 2. The Morgan fingerprint density at radius 1 is 1.12 bits per heavy atom. The predicted molar refractivity (Wildman–Crippen MR) is 106 cm³/mol. The molecule has 2 saturated heterocycles. The monoisotopic (exact) mass is 357 g/mol. The van der Waals surface area contributed by atoms with Crippen molar-refractivity contribution in [3.63, 3.8) is 0 Å². The molecule has 0 radical (unpaired) electrons. The van der Waals surface area contributed by atoms with E-state index < -0.39 is 0 Å². The van der Waals surface area contributed by atoms with Crippen LogP contribution in [0.25, 0.3) is 0 Å². The molecular formula is C23H37N2O+. The fourth-order valence-electron chi connectivity index (χ4n) is 5.83. The lowest BCUT2D eigenvalue weighted by Crippen LogP contribution is -2.73. The fraction of sp³-hybridized carbons (Fsp3) is 0.739. The number of benzene rings is 1. The summed E-state index contributed by atoms with van der Waals surface area (Å²) in [5.74, 6) is 0.658. The van der Waals surface area contributed by atoms with Gasteiger partial charge in [-0.05, 0) is 39.5 Å². The van der Waals surface area contributed by atoms with Gasteiger partial charge in [0.25, 0.3) is 0 Å². The molecule has 3 heteroatoms. The Bertz CT molecular complexity index is 622.